The molecule has 0 heterocycles. The summed E-state index contributed by atoms with van der Waals surface area (Å²) in [7, 11) is 0. The standard InChI is InChI=1S/C10H10Br2ClN/c1-7(13)5-14-6-8-2-3-9(11)10(12)4-8/h2-4,14H,1,5-6H2. The Morgan fingerprint density at radius 2 is 2.07 bits per heavy atom. The molecule has 14 heavy (non-hydrogen) atoms. The predicted molar refractivity (Wildman–Crippen MR) is 68.5 cm³/mol. The van der Waals surface area contributed by atoms with Gasteiger partial charge in [0.2, 0.25) is 0 Å². The molecule has 4 heteroatoms. The summed E-state index contributed by atoms with van der Waals surface area (Å²) in [4.78, 5) is 0. The number of hydrogen-bond acceptors (Lipinski definition) is 1. The van der Waals surface area contributed by atoms with Gasteiger partial charge in [-0.25, -0.2) is 0 Å². The van der Waals surface area contributed by atoms with Crippen LogP contribution in [0.15, 0.2) is 38.8 Å². The molecule has 0 saturated heterocycles. The average Bonchev–Trinajstić information content (AvgIpc) is 2.10. The molecule has 0 bridgehead atoms. The van der Waals surface area contributed by atoms with Crippen LogP contribution < -0.4 is 5.32 Å². The Hall–Kier alpha value is 0.170. The van der Waals surface area contributed by atoms with E-state index in [1.54, 1.807) is 0 Å². The van der Waals surface area contributed by atoms with Crippen LogP contribution in [0.25, 0.3) is 0 Å². The van der Waals surface area contributed by atoms with Gasteiger partial charge >= 0.3 is 0 Å². The molecule has 1 rings (SSSR count). The van der Waals surface area contributed by atoms with Gasteiger partial charge in [0.05, 0.1) is 0 Å². The lowest BCUT2D eigenvalue weighted by Gasteiger charge is -2.04. The minimum atomic E-state index is 0.626. The van der Waals surface area contributed by atoms with Crippen LogP contribution in [-0.4, -0.2) is 6.54 Å². The highest BCUT2D eigenvalue weighted by Gasteiger charge is 1.98. The summed E-state index contributed by atoms with van der Waals surface area (Å²) in [5.74, 6) is 0. The van der Waals surface area contributed by atoms with Crippen molar-refractivity contribution >= 4 is 43.5 Å². The van der Waals surface area contributed by atoms with Crippen molar-refractivity contribution in [3.8, 4) is 0 Å². The molecule has 0 saturated carbocycles. The van der Waals surface area contributed by atoms with Crippen molar-refractivity contribution in [3.05, 3.63) is 44.3 Å². The summed E-state index contributed by atoms with van der Waals surface area (Å²) in [6, 6.07) is 6.13. The largest absolute Gasteiger partial charge is 0.308 e. The normalized spacial score (nSPS) is 10.2. The molecule has 1 aromatic rings. The summed E-state index contributed by atoms with van der Waals surface area (Å²) in [5, 5.41) is 3.81. The maximum atomic E-state index is 5.63. The zero-order valence-electron chi connectivity index (χ0n) is 7.49. The zero-order chi connectivity index (χ0) is 10.6. The Bertz CT molecular complexity index is 339. The van der Waals surface area contributed by atoms with Crippen LogP contribution >= 0.6 is 43.5 Å². The Balaban J connectivity index is 2.51. The molecule has 0 aliphatic carbocycles. The third-order valence-corrected chi connectivity index (χ3v) is 3.64. The van der Waals surface area contributed by atoms with Crippen molar-refractivity contribution in [1.29, 1.82) is 0 Å². The van der Waals surface area contributed by atoms with E-state index in [-0.39, 0.29) is 0 Å². The van der Waals surface area contributed by atoms with Gasteiger partial charge in [0, 0.05) is 27.1 Å². The predicted octanol–water partition coefficient (Wildman–Crippen LogP) is 4.05. The van der Waals surface area contributed by atoms with E-state index >= 15 is 0 Å². The van der Waals surface area contributed by atoms with E-state index in [1.807, 2.05) is 6.07 Å². The van der Waals surface area contributed by atoms with Crippen molar-refractivity contribution in [2.24, 2.45) is 0 Å². The topological polar surface area (TPSA) is 12.0 Å². The lowest BCUT2D eigenvalue weighted by atomic mass is 10.2. The van der Waals surface area contributed by atoms with Crippen molar-refractivity contribution in [2.45, 2.75) is 6.54 Å². The van der Waals surface area contributed by atoms with Crippen LogP contribution in [0.3, 0.4) is 0 Å². The van der Waals surface area contributed by atoms with Crippen molar-refractivity contribution in [2.75, 3.05) is 6.54 Å². The molecule has 1 nitrogen and oxygen atoms in total. The van der Waals surface area contributed by atoms with E-state index in [2.05, 4.69) is 55.9 Å². The quantitative estimate of drug-likeness (QED) is 0.872. The average molecular weight is 339 g/mol. The number of nitrogens with one attached hydrogen (secondary N) is 1. The fraction of sp³-hybridized carbons (Fsp3) is 0.200. The lowest BCUT2D eigenvalue weighted by molar-refractivity contribution is 0.754. The molecule has 0 amide bonds. The fourth-order valence-corrected chi connectivity index (χ4v) is 1.76. The minimum absolute atomic E-state index is 0.626. The number of hydrogen-bond donors (Lipinski definition) is 1. The van der Waals surface area contributed by atoms with Crippen molar-refractivity contribution in [3.63, 3.8) is 0 Å². The Morgan fingerprint density at radius 3 is 2.64 bits per heavy atom. The monoisotopic (exact) mass is 337 g/mol. The highest BCUT2D eigenvalue weighted by atomic mass is 79.9. The van der Waals surface area contributed by atoms with Gasteiger partial charge in [-0.05, 0) is 49.6 Å². The molecule has 0 aliphatic heterocycles. The van der Waals surface area contributed by atoms with Gasteiger partial charge in [0.15, 0.2) is 0 Å². The molecule has 0 radical (unpaired) electrons. The molecule has 0 fully saturated rings. The van der Waals surface area contributed by atoms with Crippen LogP contribution in [0.4, 0.5) is 0 Å². The molecular formula is C10H10Br2ClN. The first-order valence-electron chi connectivity index (χ1n) is 4.07. The second-order valence-corrected chi connectivity index (χ2v) is 5.11. The van der Waals surface area contributed by atoms with Crippen LogP contribution in [0.5, 0.6) is 0 Å². The summed E-state index contributed by atoms with van der Waals surface area (Å²) < 4.78 is 2.12. The number of rotatable bonds is 4. The van der Waals surface area contributed by atoms with E-state index in [0.29, 0.717) is 11.6 Å². The smallest absolute Gasteiger partial charge is 0.0320 e. The van der Waals surface area contributed by atoms with E-state index < -0.39 is 0 Å². The molecule has 1 N–H and O–H groups in total. The Labute approximate surface area is 106 Å². The summed E-state index contributed by atoms with van der Waals surface area (Å²) >= 11 is 12.5. The maximum Gasteiger partial charge on any atom is 0.0320 e. The Morgan fingerprint density at radius 1 is 1.36 bits per heavy atom. The van der Waals surface area contributed by atoms with Crippen LogP contribution in [0.1, 0.15) is 5.56 Å². The SMILES string of the molecule is C=C(Cl)CNCc1ccc(Br)c(Br)c1. The second-order valence-electron chi connectivity index (χ2n) is 2.87. The molecular weight excluding hydrogens is 329 g/mol. The molecule has 0 unspecified atom stereocenters. The van der Waals surface area contributed by atoms with E-state index in [4.69, 9.17) is 11.6 Å². The van der Waals surface area contributed by atoms with Gasteiger partial charge in [-0.1, -0.05) is 24.2 Å². The van der Waals surface area contributed by atoms with E-state index in [0.717, 1.165) is 15.5 Å². The first-order valence-corrected chi connectivity index (χ1v) is 6.04. The van der Waals surface area contributed by atoms with Crippen molar-refractivity contribution < 1.29 is 0 Å². The van der Waals surface area contributed by atoms with Gasteiger partial charge in [0.1, 0.15) is 0 Å². The first kappa shape index (κ1) is 12.2. The van der Waals surface area contributed by atoms with Gasteiger partial charge in [0.25, 0.3) is 0 Å². The lowest BCUT2D eigenvalue weighted by Crippen LogP contribution is -2.14. The molecule has 1 aromatic carbocycles. The van der Waals surface area contributed by atoms with Gasteiger partial charge in [-0.15, -0.1) is 0 Å². The zero-order valence-corrected chi connectivity index (χ0v) is 11.4. The third-order valence-electron chi connectivity index (χ3n) is 1.63. The van der Waals surface area contributed by atoms with Crippen LogP contribution in [0.2, 0.25) is 0 Å². The molecule has 0 aliphatic rings. The second kappa shape index (κ2) is 5.91. The maximum absolute atomic E-state index is 5.63. The Kier molecular flexibility index (Phi) is 5.17. The highest BCUT2D eigenvalue weighted by Crippen LogP contribution is 2.23. The van der Waals surface area contributed by atoms with Gasteiger partial charge < -0.3 is 5.32 Å². The van der Waals surface area contributed by atoms with Crippen LogP contribution in [-0.2, 0) is 6.54 Å². The van der Waals surface area contributed by atoms with Gasteiger partial charge in [-0.3, -0.25) is 0 Å². The molecule has 76 valence electrons. The molecule has 0 aromatic heterocycles. The number of halogens is 3. The third kappa shape index (κ3) is 4.13. The molecule has 0 atom stereocenters. The first-order chi connectivity index (χ1) is 6.59. The number of benzene rings is 1. The van der Waals surface area contributed by atoms with E-state index in [1.165, 1.54) is 5.56 Å². The van der Waals surface area contributed by atoms with Crippen molar-refractivity contribution in [1.82, 2.24) is 5.32 Å². The highest BCUT2D eigenvalue weighted by molar-refractivity contribution is 9.13. The summed E-state index contributed by atoms with van der Waals surface area (Å²) in [6.45, 7) is 5.03. The minimum Gasteiger partial charge on any atom is -0.308 e. The fourth-order valence-electron chi connectivity index (χ4n) is 0.992. The summed E-state index contributed by atoms with van der Waals surface area (Å²) in [6.07, 6.45) is 0. The molecule has 0 spiro atoms. The van der Waals surface area contributed by atoms with Gasteiger partial charge in [-0.2, -0.15) is 0 Å². The van der Waals surface area contributed by atoms with E-state index in [9.17, 15) is 0 Å². The summed E-state index contributed by atoms with van der Waals surface area (Å²) in [5.41, 5.74) is 1.21. The van der Waals surface area contributed by atoms with Crippen LogP contribution in [0, 0.1) is 0 Å².